The monoisotopic (exact) mass is 713 g/mol. The Morgan fingerprint density at radius 2 is 0.893 bits per heavy atom. The molecule has 1 aliphatic rings. The first-order valence-corrected chi connectivity index (χ1v) is 19.6. The van der Waals surface area contributed by atoms with Gasteiger partial charge in [0.15, 0.2) is 0 Å². The van der Waals surface area contributed by atoms with Gasteiger partial charge in [-0.15, -0.1) is 0 Å². The quantitative estimate of drug-likeness (QED) is 0.155. The van der Waals surface area contributed by atoms with Crippen LogP contribution in [0.2, 0.25) is 0 Å². The number of fused-ring (bicyclic) bond motifs is 3. The molecule has 1 nitrogen and oxygen atoms in total. The highest BCUT2D eigenvalue weighted by Crippen LogP contribution is 2.50. The molecule has 0 saturated carbocycles. The molecule has 0 atom stereocenters. The van der Waals surface area contributed by atoms with Crippen molar-refractivity contribution in [3.63, 3.8) is 0 Å². The number of rotatable bonds is 6. The number of hydrogen-bond donors (Lipinski definition) is 0. The normalized spacial score (nSPS) is 13.0. The zero-order chi connectivity index (χ0) is 37.4. The highest BCUT2D eigenvalue weighted by molar-refractivity contribution is 6.25. The van der Waals surface area contributed by atoms with Crippen molar-refractivity contribution in [1.82, 2.24) is 0 Å². The van der Waals surface area contributed by atoms with Crippen molar-refractivity contribution in [2.75, 3.05) is 4.90 Å². The van der Waals surface area contributed by atoms with E-state index in [1.165, 1.54) is 88.0 Å². The van der Waals surface area contributed by atoms with E-state index in [1.54, 1.807) is 0 Å². The van der Waals surface area contributed by atoms with Crippen molar-refractivity contribution in [3.05, 3.63) is 211 Å². The molecular formula is C55H39N. The van der Waals surface area contributed by atoms with Gasteiger partial charge in [-0.05, 0) is 136 Å². The number of para-hydroxylation sites is 1. The lowest BCUT2D eigenvalue weighted by molar-refractivity contribution is 0.660. The molecule has 0 aromatic heterocycles. The molecule has 0 bridgehead atoms. The number of nitrogens with zero attached hydrogens (tertiary/aromatic N) is 1. The average molecular weight is 714 g/mol. The van der Waals surface area contributed by atoms with Crippen LogP contribution in [0.1, 0.15) is 25.0 Å². The smallest absolute Gasteiger partial charge is 0.0473 e. The molecule has 0 fully saturated rings. The molecule has 10 aromatic carbocycles. The molecule has 0 radical (unpaired) electrons. The SMILES string of the molecule is CC1(C)c2ccccc2-c2ccc(-c3ccc(N(c4ccccc4)c4cc(-c5ccccc5)cc(-c5ccc6ccc7cccc8ccc5c6c78)c4)cc3)cc21. The largest absolute Gasteiger partial charge is 0.310 e. The maximum Gasteiger partial charge on any atom is 0.0473 e. The van der Waals surface area contributed by atoms with Crippen LogP contribution in [-0.2, 0) is 5.41 Å². The van der Waals surface area contributed by atoms with E-state index >= 15 is 0 Å². The fourth-order valence-electron chi connectivity index (χ4n) is 9.39. The van der Waals surface area contributed by atoms with Crippen LogP contribution < -0.4 is 4.90 Å². The van der Waals surface area contributed by atoms with Gasteiger partial charge in [0.25, 0.3) is 0 Å². The van der Waals surface area contributed by atoms with Gasteiger partial charge < -0.3 is 4.90 Å². The number of hydrogen-bond acceptors (Lipinski definition) is 1. The van der Waals surface area contributed by atoms with Gasteiger partial charge >= 0.3 is 0 Å². The Hall–Kier alpha value is -6.96. The lowest BCUT2D eigenvalue weighted by Crippen LogP contribution is -2.14. The number of benzene rings is 10. The molecule has 56 heavy (non-hydrogen) atoms. The summed E-state index contributed by atoms with van der Waals surface area (Å²) in [5.74, 6) is 0. The second-order valence-electron chi connectivity index (χ2n) is 15.8. The van der Waals surface area contributed by atoms with Crippen LogP contribution in [0.4, 0.5) is 17.1 Å². The Morgan fingerprint density at radius 1 is 0.321 bits per heavy atom. The van der Waals surface area contributed by atoms with Crippen LogP contribution in [0.15, 0.2) is 200 Å². The van der Waals surface area contributed by atoms with Crippen LogP contribution in [-0.4, -0.2) is 0 Å². The zero-order valence-corrected chi connectivity index (χ0v) is 31.5. The topological polar surface area (TPSA) is 3.24 Å². The van der Waals surface area contributed by atoms with E-state index in [4.69, 9.17) is 0 Å². The Morgan fingerprint density at radius 3 is 1.68 bits per heavy atom. The highest BCUT2D eigenvalue weighted by atomic mass is 15.1. The van der Waals surface area contributed by atoms with Crippen molar-refractivity contribution in [1.29, 1.82) is 0 Å². The highest BCUT2D eigenvalue weighted by Gasteiger charge is 2.35. The Balaban J connectivity index is 1.07. The van der Waals surface area contributed by atoms with E-state index in [0.29, 0.717) is 0 Å². The predicted molar refractivity (Wildman–Crippen MR) is 239 cm³/mol. The first-order valence-electron chi connectivity index (χ1n) is 19.6. The average Bonchev–Trinajstić information content (AvgIpc) is 3.49. The summed E-state index contributed by atoms with van der Waals surface area (Å²) in [7, 11) is 0. The summed E-state index contributed by atoms with van der Waals surface area (Å²) in [5.41, 5.74) is 16.1. The summed E-state index contributed by atoms with van der Waals surface area (Å²) in [4.78, 5) is 2.40. The lowest BCUT2D eigenvalue weighted by atomic mass is 9.81. The van der Waals surface area contributed by atoms with Gasteiger partial charge in [0.2, 0.25) is 0 Å². The molecule has 0 amide bonds. The van der Waals surface area contributed by atoms with Gasteiger partial charge in [0.05, 0.1) is 0 Å². The molecule has 0 N–H and O–H groups in total. The third kappa shape index (κ3) is 5.08. The molecule has 264 valence electrons. The standard InChI is InChI=1S/C55H39N/c1-55(2)51-19-10-9-18-48(51)49-30-26-41(35-52(49)55)37-22-27-45(28-23-37)56(44-16-7-4-8-17-44)46-33-42(36-12-5-3-6-13-36)32-43(34-46)47-29-24-40-21-20-38-14-11-15-39-25-31-50(47)54(40)53(38)39/h3-35H,1-2H3. The Kier molecular flexibility index (Phi) is 7.28. The fraction of sp³-hybridized carbons (Fsp3) is 0.0545. The summed E-state index contributed by atoms with van der Waals surface area (Å²) < 4.78 is 0. The molecule has 1 heteroatoms. The summed E-state index contributed by atoms with van der Waals surface area (Å²) in [5, 5.41) is 7.78. The fourth-order valence-corrected chi connectivity index (χ4v) is 9.39. The lowest BCUT2D eigenvalue weighted by Gasteiger charge is -2.27. The van der Waals surface area contributed by atoms with Gasteiger partial charge in [-0.2, -0.15) is 0 Å². The molecule has 1 aliphatic carbocycles. The summed E-state index contributed by atoms with van der Waals surface area (Å²) in [6.07, 6.45) is 0. The van der Waals surface area contributed by atoms with E-state index in [1.807, 2.05) is 0 Å². The van der Waals surface area contributed by atoms with Crippen molar-refractivity contribution >= 4 is 49.4 Å². The van der Waals surface area contributed by atoms with E-state index in [-0.39, 0.29) is 5.41 Å². The predicted octanol–water partition coefficient (Wildman–Crippen LogP) is 15.4. The summed E-state index contributed by atoms with van der Waals surface area (Å²) in [6, 6.07) is 74.0. The van der Waals surface area contributed by atoms with Crippen LogP contribution >= 0.6 is 0 Å². The zero-order valence-electron chi connectivity index (χ0n) is 31.5. The minimum absolute atomic E-state index is 0.0395. The molecular weight excluding hydrogens is 675 g/mol. The molecule has 0 spiro atoms. The molecule has 0 saturated heterocycles. The first kappa shape index (κ1) is 32.5. The van der Waals surface area contributed by atoms with Crippen molar-refractivity contribution in [3.8, 4) is 44.5 Å². The second-order valence-corrected chi connectivity index (χ2v) is 15.8. The molecule has 0 aliphatic heterocycles. The van der Waals surface area contributed by atoms with Gasteiger partial charge in [-0.25, -0.2) is 0 Å². The van der Waals surface area contributed by atoms with Crippen molar-refractivity contribution in [2.24, 2.45) is 0 Å². The molecule has 0 heterocycles. The van der Waals surface area contributed by atoms with Gasteiger partial charge in [0, 0.05) is 22.5 Å². The van der Waals surface area contributed by atoms with Crippen LogP contribution in [0.3, 0.4) is 0 Å². The maximum atomic E-state index is 2.41. The Bertz CT molecular complexity index is 3070. The second kappa shape index (κ2) is 12.5. The number of anilines is 3. The Labute approximate surface area is 328 Å². The third-order valence-corrected chi connectivity index (χ3v) is 12.2. The van der Waals surface area contributed by atoms with E-state index < -0.39 is 0 Å². The van der Waals surface area contributed by atoms with Crippen LogP contribution in [0, 0.1) is 0 Å². The minimum atomic E-state index is -0.0395. The minimum Gasteiger partial charge on any atom is -0.310 e. The van der Waals surface area contributed by atoms with Gasteiger partial charge in [-0.3, -0.25) is 0 Å². The molecule has 11 rings (SSSR count). The molecule has 0 unspecified atom stereocenters. The van der Waals surface area contributed by atoms with E-state index in [2.05, 4.69) is 219 Å². The van der Waals surface area contributed by atoms with Gasteiger partial charge in [0.1, 0.15) is 0 Å². The van der Waals surface area contributed by atoms with Crippen LogP contribution in [0.5, 0.6) is 0 Å². The van der Waals surface area contributed by atoms with E-state index in [9.17, 15) is 0 Å². The molecule has 10 aromatic rings. The summed E-state index contributed by atoms with van der Waals surface area (Å²) in [6.45, 7) is 4.70. The van der Waals surface area contributed by atoms with Gasteiger partial charge in [-0.1, -0.05) is 166 Å². The van der Waals surface area contributed by atoms with Crippen LogP contribution in [0.25, 0.3) is 76.8 Å². The maximum absolute atomic E-state index is 2.41. The first-order chi connectivity index (χ1) is 27.5. The van der Waals surface area contributed by atoms with Crippen molar-refractivity contribution in [2.45, 2.75) is 19.3 Å². The third-order valence-electron chi connectivity index (χ3n) is 12.2. The van der Waals surface area contributed by atoms with E-state index in [0.717, 1.165) is 17.1 Å². The van der Waals surface area contributed by atoms with Crippen molar-refractivity contribution < 1.29 is 0 Å². The summed E-state index contributed by atoms with van der Waals surface area (Å²) >= 11 is 0.